The molecule has 1 heterocycles. The summed E-state index contributed by atoms with van der Waals surface area (Å²) in [5, 5.41) is 22.6. The van der Waals surface area contributed by atoms with E-state index in [9.17, 15) is 10.2 Å². The van der Waals surface area contributed by atoms with E-state index in [0.29, 0.717) is 19.6 Å². The SMILES string of the molecule is CC(C)CCCCCCCCC(O)NC1COCC(O)C1. The Morgan fingerprint density at radius 3 is 2.24 bits per heavy atom. The molecule has 0 aromatic heterocycles. The van der Waals surface area contributed by atoms with E-state index in [1.165, 1.54) is 38.5 Å². The highest BCUT2D eigenvalue weighted by molar-refractivity contribution is 4.76. The molecule has 0 radical (unpaired) electrons. The molecule has 3 atom stereocenters. The van der Waals surface area contributed by atoms with Crippen molar-refractivity contribution in [3.05, 3.63) is 0 Å². The third-order valence-corrected chi connectivity index (χ3v) is 4.12. The molecule has 4 nitrogen and oxygen atoms in total. The van der Waals surface area contributed by atoms with Crippen LogP contribution in [0.4, 0.5) is 0 Å². The molecule has 1 aliphatic heterocycles. The number of nitrogens with one attached hydrogen (secondary N) is 1. The highest BCUT2D eigenvalue weighted by Gasteiger charge is 2.22. The molecule has 0 spiro atoms. The normalized spacial score (nSPS) is 24.4. The molecule has 0 aromatic carbocycles. The second-order valence-corrected chi connectivity index (χ2v) is 6.90. The lowest BCUT2D eigenvalue weighted by Crippen LogP contribution is -2.46. The van der Waals surface area contributed by atoms with E-state index >= 15 is 0 Å². The first-order chi connectivity index (χ1) is 10.1. The molecule has 0 saturated carbocycles. The van der Waals surface area contributed by atoms with Crippen LogP contribution in [0.1, 0.15) is 71.6 Å². The zero-order valence-corrected chi connectivity index (χ0v) is 13.9. The average Bonchev–Trinajstić information content (AvgIpc) is 2.41. The van der Waals surface area contributed by atoms with Crippen LogP contribution in [0.25, 0.3) is 0 Å². The zero-order valence-electron chi connectivity index (χ0n) is 13.9. The molecule has 1 fully saturated rings. The van der Waals surface area contributed by atoms with Crippen LogP contribution in [0.3, 0.4) is 0 Å². The lowest BCUT2D eigenvalue weighted by Gasteiger charge is -2.29. The van der Waals surface area contributed by atoms with Crippen LogP contribution in [-0.2, 0) is 4.74 Å². The molecule has 0 aliphatic carbocycles. The Morgan fingerprint density at radius 2 is 1.62 bits per heavy atom. The quantitative estimate of drug-likeness (QED) is 0.406. The number of hydrogen-bond donors (Lipinski definition) is 3. The Bertz CT molecular complexity index is 248. The van der Waals surface area contributed by atoms with Crippen molar-refractivity contribution in [2.75, 3.05) is 13.2 Å². The van der Waals surface area contributed by atoms with Gasteiger partial charge in [-0.2, -0.15) is 0 Å². The van der Waals surface area contributed by atoms with Gasteiger partial charge in [-0.1, -0.05) is 52.4 Å². The Hall–Kier alpha value is -0.160. The van der Waals surface area contributed by atoms with Crippen LogP contribution < -0.4 is 5.32 Å². The van der Waals surface area contributed by atoms with Crippen LogP contribution >= 0.6 is 0 Å². The van der Waals surface area contributed by atoms with Crippen molar-refractivity contribution < 1.29 is 14.9 Å². The van der Waals surface area contributed by atoms with Crippen molar-refractivity contribution in [3.8, 4) is 0 Å². The van der Waals surface area contributed by atoms with Gasteiger partial charge in [0.05, 0.1) is 19.3 Å². The van der Waals surface area contributed by atoms with Gasteiger partial charge in [-0.25, -0.2) is 0 Å². The number of unbranched alkanes of at least 4 members (excludes halogenated alkanes) is 5. The van der Waals surface area contributed by atoms with E-state index in [0.717, 1.165) is 18.8 Å². The van der Waals surface area contributed by atoms with Crippen molar-refractivity contribution in [1.82, 2.24) is 5.32 Å². The van der Waals surface area contributed by atoms with Crippen molar-refractivity contribution in [1.29, 1.82) is 0 Å². The fourth-order valence-electron chi connectivity index (χ4n) is 2.88. The minimum atomic E-state index is -0.468. The van der Waals surface area contributed by atoms with Crippen LogP contribution in [-0.4, -0.2) is 41.8 Å². The van der Waals surface area contributed by atoms with Crippen molar-refractivity contribution in [3.63, 3.8) is 0 Å². The smallest absolute Gasteiger partial charge is 0.105 e. The van der Waals surface area contributed by atoms with Crippen molar-refractivity contribution in [2.45, 2.75) is 90.0 Å². The van der Waals surface area contributed by atoms with E-state index in [1.807, 2.05) is 0 Å². The van der Waals surface area contributed by atoms with Gasteiger partial charge in [0.15, 0.2) is 0 Å². The van der Waals surface area contributed by atoms with Crippen LogP contribution in [0.5, 0.6) is 0 Å². The molecule has 21 heavy (non-hydrogen) atoms. The maximum Gasteiger partial charge on any atom is 0.105 e. The van der Waals surface area contributed by atoms with Gasteiger partial charge in [-0.3, -0.25) is 5.32 Å². The van der Waals surface area contributed by atoms with Gasteiger partial charge >= 0.3 is 0 Å². The molecule has 0 aromatic rings. The zero-order chi connectivity index (χ0) is 15.5. The summed E-state index contributed by atoms with van der Waals surface area (Å²) in [7, 11) is 0. The molecular formula is C17H35NO3. The maximum atomic E-state index is 9.94. The van der Waals surface area contributed by atoms with Crippen LogP contribution in [0.2, 0.25) is 0 Å². The second kappa shape index (κ2) is 11.4. The Kier molecular flexibility index (Phi) is 10.3. The molecule has 0 amide bonds. The van der Waals surface area contributed by atoms with Gasteiger partial charge in [0.2, 0.25) is 0 Å². The number of hydrogen-bond acceptors (Lipinski definition) is 4. The summed E-state index contributed by atoms with van der Waals surface area (Å²) in [6.07, 6.45) is 9.50. The third-order valence-electron chi connectivity index (χ3n) is 4.12. The minimum Gasteiger partial charge on any atom is -0.391 e. The summed E-state index contributed by atoms with van der Waals surface area (Å²) in [5.74, 6) is 0.827. The summed E-state index contributed by atoms with van der Waals surface area (Å²) in [4.78, 5) is 0. The number of aliphatic hydroxyl groups excluding tert-OH is 2. The molecule has 3 N–H and O–H groups in total. The van der Waals surface area contributed by atoms with E-state index < -0.39 is 12.3 Å². The van der Waals surface area contributed by atoms with E-state index in [1.54, 1.807) is 0 Å². The van der Waals surface area contributed by atoms with Gasteiger partial charge < -0.3 is 14.9 Å². The Morgan fingerprint density at radius 1 is 1.00 bits per heavy atom. The van der Waals surface area contributed by atoms with Crippen molar-refractivity contribution >= 4 is 0 Å². The molecule has 1 aliphatic rings. The summed E-state index contributed by atoms with van der Waals surface area (Å²) in [5.41, 5.74) is 0. The maximum absolute atomic E-state index is 9.94. The predicted molar refractivity (Wildman–Crippen MR) is 86.1 cm³/mol. The van der Waals surface area contributed by atoms with E-state index in [-0.39, 0.29) is 6.04 Å². The first-order valence-corrected chi connectivity index (χ1v) is 8.78. The monoisotopic (exact) mass is 301 g/mol. The van der Waals surface area contributed by atoms with Gasteiger partial charge in [0.1, 0.15) is 6.23 Å². The van der Waals surface area contributed by atoms with E-state index in [2.05, 4.69) is 19.2 Å². The highest BCUT2D eigenvalue weighted by atomic mass is 16.5. The average molecular weight is 301 g/mol. The molecule has 1 saturated heterocycles. The highest BCUT2D eigenvalue weighted by Crippen LogP contribution is 2.13. The van der Waals surface area contributed by atoms with E-state index in [4.69, 9.17) is 4.74 Å². The lowest BCUT2D eigenvalue weighted by molar-refractivity contribution is -0.0361. The van der Waals surface area contributed by atoms with Gasteiger partial charge in [-0.05, 0) is 25.2 Å². The fourth-order valence-corrected chi connectivity index (χ4v) is 2.88. The van der Waals surface area contributed by atoms with Crippen LogP contribution in [0, 0.1) is 5.92 Å². The van der Waals surface area contributed by atoms with Crippen LogP contribution in [0.15, 0.2) is 0 Å². The topological polar surface area (TPSA) is 61.7 Å². The first-order valence-electron chi connectivity index (χ1n) is 8.78. The van der Waals surface area contributed by atoms with Crippen molar-refractivity contribution in [2.24, 2.45) is 5.92 Å². The summed E-state index contributed by atoms with van der Waals surface area (Å²) >= 11 is 0. The van der Waals surface area contributed by atoms with Gasteiger partial charge in [-0.15, -0.1) is 0 Å². The molecule has 0 bridgehead atoms. The Balaban J connectivity index is 1.90. The molecule has 4 heteroatoms. The minimum absolute atomic E-state index is 0.0831. The summed E-state index contributed by atoms with van der Waals surface area (Å²) < 4.78 is 5.27. The lowest BCUT2D eigenvalue weighted by atomic mass is 10.0. The fraction of sp³-hybridized carbons (Fsp3) is 1.00. The molecular weight excluding hydrogens is 266 g/mol. The third kappa shape index (κ3) is 10.2. The summed E-state index contributed by atoms with van der Waals surface area (Å²) in [6.45, 7) is 5.57. The summed E-state index contributed by atoms with van der Waals surface area (Å²) in [6, 6.07) is 0.0831. The standard InChI is InChI=1S/C17H35NO3/c1-14(2)9-7-5-3-4-6-8-10-17(20)18-15-11-16(19)13-21-12-15/h14-20H,3-13H2,1-2H3. The molecule has 3 unspecified atom stereocenters. The largest absolute Gasteiger partial charge is 0.391 e. The van der Waals surface area contributed by atoms with Gasteiger partial charge in [0, 0.05) is 6.04 Å². The molecule has 126 valence electrons. The van der Waals surface area contributed by atoms with Gasteiger partial charge in [0.25, 0.3) is 0 Å². The second-order valence-electron chi connectivity index (χ2n) is 6.90. The predicted octanol–water partition coefficient (Wildman–Crippen LogP) is 2.82. The number of aliphatic hydroxyl groups is 2. The first kappa shape index (κ1) is 18.9. The Labute approximate surface area is 130 Å². The number of rotatable bonds is 11. The molecule has 1 rings (SSSR count). The number of ether oxygens (including phenoxy) is 1.